The molecule has 3 heterocycles. The molecule has 0 fully saturated rings. The number of hydrogen-bond acceptors (Lipinski definition) is 5. The predicted octanol–water partition coefficient (Wildman–Crippen LogP) is 3.05. The van der Waals surface area contributed by atoms with E-state index in [-0.39, 0.29) is 0 Å². The third kappa shape index (κ3) is 2.12. The van der Waals surface area contributed by atoms with E-state index >= 15 is 0 Å². The lowest BCUT2D eigenvalue weighted by Crippen LogP contribution is -2.05. The molecule has 0 bridgehead atoms. The van der Waals surface area contributed by atoms with E-state index in [1.807, 2.05) is 34.9 Å². The van der Waals surface area contributed by atoms with E-state index in [2.05, 4.69) is 10.1 Å². The summed E-state index contributed by atoms with van der Waals surface area (Å²) >= 11 is 0. The highest BCUT2D eigenvalue weighted by atomic mass is 16.5. The first-order valence-electron chi connectivity index (χ1n) is 7.02. The van der Waals surface area contributed by atoms with Crippen LogP contribution in [0.15, 0.2) is 64.6 Å². The monoisotopic (exact) mass is 307 g/mol. The summed E-state index contributed by atoms with van der Waals surface area (Å²) < 4.78 is 13.2. The molecular weight excluding hydrogens is 294 g/mol. The molecule has 4 aromatic rings. The second-order valence-corrected chi connectivity index (χ2v) is 5.04. The quantitative estimate of drug-likeness (QED) is 0.456. The van der Waals surface area contributed by atoms with Gasteiger partial charge in [0.05, 0.1) is 18.8 Å². The molecule has 0 radical (unpaired) electrons. The van der Waals surface area contributed by atoms with Crippen LogP contribution < -0.4 is 10.1 Å². The second-order valence-electron chi connectivity index (χ2n) is 5.04. The minimum atomic E-state index is 0.371. The maximum atomic E-state index is 9.37. The average Bonchev–Trinajstić information content (AvgIpc) is 3.07. The molecule has 0 aliphatic rings. The van der Waals surface area contributed by atoms with Crippen LogP contribution >= 0.6 is 0 Å². The molecule has 0 atom stereocenters. The summed E-state index contributed by atoms with van der Waals surface area (Å²) in [6, 6.07) is 12.9. The summed E-state index contributed by atoms with van der Waals surface area (Å²) in [4.78, 5) is 4.39. The fraction of sp³-hybridized carbons (Fsp3) is 0.0588. The molecule has 0 aliphatic carbocycles. The van der Waals surface area contributed by atoms with Gasteiger partial charge in [0.1, 0.15) is 22.4 Å². The van der Waals surface area contributed by atoms with Crippen molar-refractivity contribution < 1.29 is 14.4 Å². The SMILES string of the molecule is COc1cccc2oc(-c3cc4cccn4cn3)c/c(=N\O)c12. The Morgan fingerprint density at radius 3 is 2.96 bits per heavy atom. The first kappa shape index (κ1) is 13.4. The Balaban J connectivity index is 2.01. The van der Waals surface area contributed by atoms with Crippen LogP contribution in [-0.4, -0.2) is 21.7 Å². The number of aromatic nitrogens is 2. The van der Waals surface area contributed by atoms with Crippen molar-refractivity contribution in [3.05, 3.63) is 60.3 Å². The van der Waals surface area contributed by atoms with E-state index in [0.717, 1.165) is 5.52 Å². The number of hydrogen-bond donors (Lipinski definition) is 1. The van der Waals surface area contributed by atoms with E-state index in [4.69, 9.17) is 9.15 Å². The fourth-order valence-electron chi connectivity index (χ4n) is 2.64. The van der Waals surface area contributed by atoms with E-state index in [1.165, 1.54) is 0 Å². The minimum Gasteiger partial charge on any atom is -0.496 e. The molecule has 1 aromatic carbocycles. The van der Waals surface area contributed by atoms with Gasteiger partial charge in [-0.25, -0.2) is 4.98 Å². The van der Waals surface area contributed by atoms with Crippen LogP contribution in [0.3, 0.4) is 0 Å². The van der Waals surface area contributed by atoms with E-state index < -0.39 is 0 Å². The van der Waals surface area contributed by atoms with Gasteiger partial charge in [-0.15, -0.1) is 0 Å². The van der Waals surface area contributed by atoms with Gasteiger partial charge in [0.15, 0.2) is 5.76 Å². The van der Waals surface area contributed by atoms with Crippen molar-refractivity contribution in [1.82, 2.24) is 9.38 Å². The lowest BCUT2D eigenvalue weighted by Gasteiger charge is -2.07. The molecule has 6 heteroatoms. The lowest BCUT2D eigenvalue weighted by atomic mass is 10.1. The largest absolute Gasteiger partial charge is 0.496 e. The van der Waals surface area contributed by atoms with Crippen molar-refractivity contribution >= 4 is 16.5 Å². The highest BCUT2D eigenvalue weighted by Crippen LogP contribution is 2.26. The van der Waals surface area contributed by atoms with Crippen LogP contribution in [-0.2, 0) is 0 Å². The summed E-state index contributed by atoms with van der Waals surface area (Å²) in [5.41, 5.74) is 2.22. The summed E-state index contributed by atoms with van der Waals surface area (Å²) in [6.07, 6.45) is 3.63. The molecular formula is C17H13N3O3. The third-order valence-corrected chi connectivity index (χ3v) is 3.73. The van der Waals surface area contributed by atoms with E-state index in [9.17, 15) is 5.21 Å². The van der Waals surface area contributed by atoms with Crippen LogP contribution in [0.25, 0.3) is 27.9 Å². The van der Waals surface area contributed by atoms with Gasteiger partial charge in [0, 0.05) is 17.8 Å². The average molecular weight is 307 g/mol. The van der Waals surface area contributed by atoms with Gasteiger partial charge in [-0.1, -0.05) is 11.2 Å². The third-order valence-electron chi connectivity index (χ3n) is 3.73. The highest BCUT2D eigenvalue weighted by Gasteiger charge is 2.11. The van der Waals surface area contributed by atoms with Gasteiger partial charge < -0.3 is 18.8 Å². The molecule has 6 nitrogen and oxygen atoms in total. The number of benzene rings is 1. The Kier molecular flexibility index (Phi) is 3.01. The van der Waals surface area contributed by atoms with Crippen LogP contribution in [0.5, 0.6) is 5.75 Å². The van der Waals surface area contributed by atoms with Crippen molar-refractivity contribution in [2.45, 2.75) is 0 Å². The zero-order valence-electron chi connectivity index (χ0n) is 12.3. The van der Waals surface area contributed by atoms with Crippen LogP contribution in [0.2, 0.25) is 0 Å². The Morgan fingerprint density at radius 1 is 1.22 bits per heavy atom. The van der Waals surface area contributed by atoms with Crippen molar-refractivity contribution in [2.24, 2.45) is 5.16 Å². The fourth-order valence-corrected chi connectivity index (χ4v) is 2.64. The van der Waals surface area contributed by atoms with Gasteiger partial charge >= 0.3 is 0 Å². The molecule has 0 amide bonds. The molecule has 1 N–H and O–H groups in total. The zero-order chi connectivity index (χ0) is 15.8. The molecule has 0 aliphatic heterocycles. The number of fused-ring (bicyclic) bond motifs is 2. The predicted molar refractivity (Wildman–Crippen MR) is 84.3 cm³/mol. The van der Waals surface area contributed by atoms with Gasteiger partial charge in [-0.3, -0.25) is 0 Å². The van der Waals surface area contributed by atoms with Crippen LogP contribution in [0, 0.1) is 0 Å². The normalized spacial score (nSPS) is 12.1. The zero-order valence-corrected chi connectivity index (χ0v) is 12.3. The molecule has 0 saturated heterocycles. The number of nitrogens with zero attached hydrogens (tertiary/aromatic N) is 3. The van der Waals surface area contributed by atoms with Crippen molar-refractivity contribution in [3.63, 3.8) is 0 Å². The van der Waals surface area contributed by atoms with Gasteiger partial charge in [0.25, 0.3) is 0 Å². The maximum Gasteiger partial charge on any atom is 0.155 e. The standard InChI is InChI=1S/C17H13N3O3/c1-22-14-5-2-6-15-17(14)13(19-21)9-16(23-15)12-8-11-4-3-7-20(11)10-18-12/h2-10,21H,1H3/b19-13+. The molecule has 0 unspecified atom stereocenters. The number of rotatable bonds is 2. The van der Waals surface area contributed by atoms with E-state index in [1.54, 1.807) is 31.6 Å². The second kappa shape index (κ2) is 5.17. The molecule has 0 spiro atoms. The minimum absolute atomic E-state index is 0.371. The Bertz CT molecular complexity index is 1080. The maximum absolute atomic E-state index is 9.37. The van der Waals surface area contributed by atoms with Crippen LogP contribution in [0.4, 0.5) is 0 Å². The van der Waals surface area contributed by atoms with E-state index in [0.29, 0.717) is 33.5 Å². The Hall–Kier alpha value is -3.28. The van der Waals surface area contributed by atoms with Crippen molar-refractivity contribution in [3.8, 4) is 17.2 Å². The number of ether oxygens (including phenoxy) is 1. The van der Waals surface area contributed by atoms with Gasteiger partial charge in [-0.05, 0) is 30.3 Å². The van der Waals surface area contributed by atoms with Crippen LogP contribution in [0.1, 0.15) is 0 Å². The molecule has 4 rings (SSSR count). The summed E-state index contributed by atoms with van der Waals surface area (Å²) in [7, 11) is 1.56. The summed E-state index contributed by atoms with van der Waals surface area (Å²) in [6.45, 7) is 0. The molecule has 114 valence electrons. The number of methoxy groups -OCH3 is 1. The topological polar surface area (TPSA) is 72.3 Å². The molecule has 23 heavy (non-hydrogen) atoms. The molecule has 3 aromatic heterocycles. The smallest absolute Gasteiger partial charge is 0.155 e. The highest BCUT2D eigenvalue weighted by molar-refractivity contribution is 5.84. The van der Waals surface area contributed by atoms with Crippen molar-refractivity contribution in [2.75, 3.05) is 7.11 Å². The Labute approximate surface area is 130 Å². The van der Waals surface area contributed by atoms with Gasteiger partial charge in [-0.2, -0.15) is 0 Å². The lowest BCUT2D eigenvalue weighted by molar-refractivity contribution is 0.302. The first-order chi connectivity index (χ1) is 11.3. The summed E-state index contributed by atoms with van der Waals surface area (Å²) in [5.74, 6) is 1.10. The van der Waals surface area contributed by atoms with Gasteiger partial charge in [0.2, 0.25) is 0 Å². The summed E-state index contributed by atoms with van der Waals surface area (Å²) in [5, 5.41) is 13.7. The molecule has 0 saturated carbocycles. The first-order valence-corrected chi connectivity index (χ1v) is 7.02. The van der Waals surface area contributed by atoms with Crippen molar-refractivity contribution in [1.29, 1.82) is 0 Å². The Morgan fingerprint density at radius 2 is 2.13 bits per heavy atom.